The van der Waals surface area contributed by atoms with Crippen molar-refractivity contribution < 1.29 is 0 Å². The van der Waals surface area contributed by atoms with Gasteiger partial charge in [0.1, 0.15) is 0 Å². The topological polar surface area (TPSA) is 48.5 Å². The molecule has 6 aromatic carbocycles. The van der Waals surface area contributed by atoms with Crippen LogP contribution in [0.4, 0.5) is 0 Å². The molecule has 252 valence electrons. The quantitative estimate of drug-likeness (QED) is 0.186. The van der Waals surface area contributed by atoms with Crippen LogP contribution in [0.5, 0.6) is 0 Å². The van der Waals surface area contributed by atoms with Crippen LogP contribution in [0.25, 0.3) is 77.8 Å². The van der Waals surface area contributed by atoms with Crippen molar-refractivity contribution >= 4 is 54.8 Å². The molecule has 0 saturated heterocycles. The molecule has 0 N–H and O–H groups in total. The van der Waals surface area contributed by atoms with E-state index in [0.717, 1.165) is 46.1 Å². The first-order valence-corrected chi connectivity index (χ1v) is 18.4. The minimum absolute atomic E-state index is 0.0566. The van der Waals surface area contributed by atoms with E-state index in [9.17, 15) is 0 Å². The van der Waals surface area contributed by atoms with Crippen LogP contribution in [0, 0.1) is 0 Å². The highest BCUT2D eigenvalue weighted by atomic mass is 15.2. The van der Waals surface area contributed by atoms with Crippen LogP contribution in [0.3, 0.4) is 0 Å². The molecule has 9 aromatic rings. The molecule has 0 aliphatic heterocycles. The van der Waals surface area contributed by atoms with Gasteiger partial charge < -0.3 is 4.57 Å². The van der Waals surface area contributed by atoms with Crippen molar-refractivity contribution in [1.82, 2.24) is 24.1 Å². The Bertz CT molecular complexity index is 3010. The number of hydrogen-bond acceptors (Lipinski definition) is 3. The third kappa shape index (κ3) is 4.28. The number of aromatic nitrogens is 5. The Balaban J connectivity index is 1.23. The summed E-state index contributed by atoms with van der Waals surface area (Å²) in [4.78, 5) is 16.0. The first-order valence-electron chi connectivity index (χ1n) is 18.4. The normalized spacial score (nSPS) is 15.0. The van der Waals surface area contributed by atoms with Crippen molar-refractivity contribution in [2.24, 2.45) is 0 Å². The molecule has 0 amide bonds. The van der Waals surface area contributed by atoms with Gasteiger partial charge in [0, 0.05) is 43.8 Å². The lowest BCUT2D eigenvalue weighted by Crippen LogP contribution is -2.18. The lowest BCUT2D eigenvalue weighted by atomic mass is 9.78. The fraction of sp³-hybridized carbons (Fsp3) is 0.104. The molecule has 0 fully saturated rings. The van der Waals surface area contributed by atoms with Crippen molar-refractivity contribution in [3.63, 3.8) is 0 Å². The zero-order valence-corrected chi connectivity index (χ0v) is 29.6. The molecule has 0 atom stereocenters. The van der Waals surface area contributed by atoms with Gasteiger partial charge in [-0.3, -0.25) is 4.57 Å². The summed E-state index contributed by atoms with van der Waals surface area (Å²) in [5.74, 6) is 1.98. The molecular formula is C48H35N5. The molecule has 0 saturated carbocycles. The maximum atomic E-state index is 5.44. The molecule has 3 aromatic heterocycles. The Labute approximate surface area is 307 Å². The minimum Gasteiger partial charge on any atom is -0.309 e. The summed E-state index contributed by atoms with van der Waals surface area (Å²) in [5.41, 5.74) is 13.0. The highest BCUT2D eigenvalue weighted by Crippen LogP contribution is 2.54. The Morgan fingerprint density at radius 3 is 2.02 bits per heavy atom. The first kappa shape index (κ1) is 30.1. The number of rotatable bonds is 4. The van der Waals surface area contributed by atoms with Crippen molar-refractivity contribution in [3.8, 4) is 23.0 Å². The van der Waals surface area contributed by atoms with Crippen LogP contribution in [-0.2, 0) is 5.41 Å². The number of para-hydroxylation sites is 3. The summed E-state index contributed by atoms with van der Waals surface area (Å²) in [7, 11) is 0. The molecule has 0 spiro atoms. The fourth-order valence-corrected chi connectivity index (χ4v) is 9.17. The molecular weight excluding hydrogens is 647 g/mol. The monoisotopic (exact) mass is 681 g/mol. The molecule has 11 rings (SSSR count). The smallest absolute Gasteiger partial charge is 0.238 e. The van der Waals surface area contributed by atoms with Crippen molar-refractivity contribution in [1.29, 1.82) is 0 Å². The molecule has 0 bridgehead atoms. The van der Waals surface area contributed by atoms with E-state index in [4.69, 9.17) is 15.0 Å². The number of allylic oxidation sites excluding steroid dienone is 4. The van der Waals surface area contributed by atoms with E-state index in [1.165, 1.54) is 49.5 Å². The first-order chi connectivity index (χ1) is 26.1. The minimum atomic E-state index is -0.0566. The Hall–Kier alpha value is -6.59. The lowest BCUT2D eigenvalue weighted by molar-refractivity contribution is 0.607. The zero-order valence-electron chi connectivity index (χ0n) is 29.6. The van der Waals surface area contributed by atoms with Crippen LogP contribution in [0.15, 0.2) is 157 Å². The van der Waals surface area contributed by atoms with E-state index in [2.05, 4.69) is 156 Å². The van der Waals surface area contributed by atoms with Gasteiger partial charge in [-0.2, -0.15) is 9.97 Å². The van der Waals surface area contributed by atoms with Gasteiger partial charge >= 0.3 is 0 Å². The van der Waals surface area contributed by atoms with Crippen LogP contribution in [-0.4, -0.2) is 24.1 Å². The summed E-state index contributed by atoms with van der Waals surface area (Å²) in [6, 6.07) is 51.8. The summed E-state index contributed by atoms with van der Waals surface area (Å²) >= 11 is 0. The maximum absolute atomic E-state index is 5.44. The van der Waals surface area contributed by atoms with Gasteiger partial charge in [0.05, 0.1) is 22.1 Å². The SMILES string of the molecule is CC1(C)C2=C(C(c3nc(-c4ccccc4)nc(-n4c5ccccc5c5c4ccc4c6ccccc6n(-c6ccccc6)c45)n3)=CCC2)c2ccccc21. The molecule has 53 heavy (non-hydrogen) atoms. The van der Waals surface area contributed by atoms with Crippen LogP contribution >= 0.6 is 0 Å². The molecule has 2 aliphatic rings. The second kappa shape index (κ2) is 11.2. The molecule has 0 radical (unpaired) electrons. The maximum Gasteiger partial charge on any atom is 0.238 e. The van der Waals surface area contributed by atoms with Gasteiger partial charge in [-0.15, -0.1) is 0 Å². The summed E-state index contributed by atoms with van der Waals surface area (Å²) in [5, 5.41) is 4.78. The second-order valence-corrected chi connectivity index (χ2v) is 14.7. The van der Waals surface area contributed by atoms with E-state index in [-0.39, 0.29) is 5.41 Å². The molecule has 5 nitrogen and oxygen atoms in total. The average molecular weight is 682 g/mol. The highest BCUT2D eigenvalue weighted by Gasteiger charge is 2.40. The van der Waals surface area contributed by atoms with Crippen molar-refractivity contribution in [2.45, 2.75) is 32.1 Å². The van der Waals surface area contributed by atoms with E-state index in [1.807, 2.05) is 18.2 Å². The Morgan fingerprint density at radius 1 is 0.547 bits per heavy atom. The van der Waals surface area contributed by atoms with Gasteiger partial charge in [-0.1, -0.05) is 141 Å². The predicted octanol–water partition coefficient (Wildman–Crippen LogP) is 11.7. The third-order valence-electron chi connectivity index (χ3n) is 11.5. The molecule has 5 heteroatoms. The lowest BCUT2D eigenvalue weighted by Gasteiger charge is -2.26. The zero-order chi connectivity index (χ0) is 35.3. The molecule has 0 unspecified atom stereocenters. The van der Waals surface area contributed by atoms with E-state index in [0.29, 0.717) is 17.6 Å². The number of nitrogens with zero attached hydrogens (tertiary/aromatic N) is 5. The van der Waals surface area contributed by atoms with Crippen LogP contribution < -0.4 is 0 Å². The second-order valence-electron chi connectivity index (χ2n) is 14.7. The average Bonchev–Trinajstić information content (AvgIpc) is 3.82. The summed E-state index contributed by atoms with van der Waals surface area (Å²) < 4.78 is 4.66. The summed E-state index contributed by atoms with van der Waals surface area (Å²) in [6.07, 6.45) is 4.32. The van der Waals surface area contributed by atoms with Crippen molar-refractivity contribution in [2.75, 3.05) is 0 Å². The predicted molar refractivity (Wildman–Crippen MR) is 218 cm³/mol. The largest absolute Gasteiger partial charge is 0.309 e. The number of fused-ring (bicyclic) bond motifs is 9. The number of hydrogen-bond donors (Lipinski definition) is 0. The molecule has 2 aliphatic carbocycles. The van der Waals surface area contributed by atoms with E-state index >= 15 is 0 Å². The standard InChI is InChI=1S/C48H35N5/c1-48(2)37-24-12-9-21-34(37)42-36(23-15-25-38(42)48)46-49-45(30-16-5-3-6-17-30)50-47(51-46)53-40-27-14-11-22-35(40)43-41(53)29-28-33-32-20-10-13-26-39(32)52(44(33)43)31-18-7-4-8-19-31/h3-14,16-24,26-29H,15,25H2,1-2H3. The fourth-order valence-electron chi connectivity index (χ4n) is 9.17. The van der Waals surface area contributed by atoms with Crippen LogP contribution in [0.1, 0.15) is 43.6 Å². The third-order valence-corrected chi connectivity index (χ3v) is 11.5. The highest BCUT2D eigenvalue weighted by molar-refractivity contribution is 6.26. The van der Waals surface area contributed by atoms with Gasteiger partial charge in [0.15, 0.2) is 11.6 Å². The van der Waals surface area contributed by atoms with E-state index in [1.54, 1.807) is 0 Å². The van der Waals surface area contributed by atoms with E-state index < -0.39 is 0 Å². The van der Waals surface area contributed by atoms with Gasteiger partial charge in [0.25, 0.3) is 0 Å². The van der Waals surface area contributed by atoms with Gasteiger partial charge in [0.2, 0.25) is 5.95 Å². The van der Waals surface area contributed by atoms with Gasteiger partial charge in [-0.25, -0.2) is 4.98 Å². The Morgan fingerprint density at radius 2 is 1.21 bits per heavy atom. The number of benzene rings is 6. The van der Waals surface area contributed by atoms with Gasteiger partial charge in [-0.05, 0) is 59.9 Å². The summed E-state index contributed by atoms with van der Waals surface area (Å²) in [6.45, 7) is 4.72. The van der Waals surface area contributed by atoms with Crippen molar-refractivity contribution in [3.05, 3.63) is 174 Å². The Kier molecular flexibility index (Phi) is 6.36. The molecule has 3 heterocycles. The van der Waals surface area contributed by atoms with Crippen LogP contribution in [0.2, 0.25) is 0 Å².